The molecule has 1 atom stereocenters. The zero-order valence-electron chi connectivity index (χ0n) is 18.4. The van der Waals surface area contributed by atoms with Crippen LogP contribution in [0.15, 0.2) is 54.7 Å². The smallest absolute Gasteiger partial charge is 0.308 e. The molecule has 3 aromatic rings. The third-order valence-electron chi connectivity index (χ3n) is 5.20. The first kappa shape index (κ1) is 21.9. The number of nitrogen functional groups attached to an aromatic ring is 1. The van der Waals surface area contributed by atoms with Gasteiger partial charge in [-0.25, -0.2) is 0 Å². The summed E-state index contributed by atoms with van der Waals surface area (Å²) in [4.78, 5) is 38.7. The minimum absolute atomic E-state index is 0.00400. The van der Waals surface area contributed by atoms with E-state index in [1.54, 1.807) is 6.20 Å². The molecule has 0 fully saturated rings. The maximum absolute atomic E-state index is 12.7. The minimum atomic E-state index is -0.483. The fourth-order valence-electron chi connectivity index (χ4n) is 3.60. The topological polar surface area (TPSA) is 123 Å². The number of esters is 1. The monoisotopic (exact) mass is 444 g/mol. The van der Waals surface area contributed by atoms with Crippen LogP contribution in [-0.4, -0.2) is 31.7 Å². The molecular formula is C24H24N6O3. The lowest BCUT2D eigenvalue weighted by Crippen LogP contribution is -2.32. The van der Waals surface area contributed by atoms with Crippen LogP contribution in [0.4, 0.5) is 17.6 Å². The first-order valence-corrected chi connectivity index (χ1v) is 10.4. The molecule has 0 saturated carbocycles. The van der Waals surface area contributed by atoms with Gasteiger partial charge in [0.1, 0.15) is 0 Å². The van der Waals surface area contributed by atoms with E-state index in [1.165, 1.54) is 11.8 Å². The van der Waals surface area contributed by atoms with Crippen LogP contribution in [0.2, 0.25) is 0 Å². The number of carbonyl (C=O) groups excluding carboxylic acids is 2. The number of nitrogens with zero attached hydrogens (tertiary/aromatic N) is 4. The van der Waals surface area contributed by atoms with Gasteiger partial charge in [-0.15, -0.1) is 0 Å². The normalized spacial score (nSPS) is 14.5. The first-order chi connectivity index (χ1) is 15.9. The van der Waals surface area contributed by atoms with Crippen LogP contribution in [0.3, 0.4) is 0 Å². The van der Waals surface area contributed by atoms with Gasteiger partial charge in [0.05, 0.1) is 12.5 Å². The molecule has 0 radical (unpaired) electrons. The molecule has 9 nitrogen and oxygen atoms in total. The molecule has 0 aliphatic carbocycles. The number of amides is 1. The Morgan fingerprint density at radius 3 is 2.61 bits per heavy atom. The number of nitrogens with two attached hydrogens (primary N) is 1. The molecular weight excluding hydrogens is 420 g/mol. The van der Waals surface area contributed by atoms with Gasteiger partial charge in [0.25, 0.3) is 0 Å². The van der Waals surface area contributed by atoms with Crippen LogP contribution >= 0.6 is 0 Å². The largest absolute Gasteiger partial charge is 0.457 e. The molecule has 1 unspecified atom stereocenters. The quantitative estimate of drug-likeness (QED) is 0.554. The summed E-state index contributed by atoms with van der Waals surface area (Å²) in [5.74, 6) is -0.150. The van der Waals surface area contributed by atoms with Gasteiger partial charge in [-0.05, 0) is 36.3 Å². The van der Waals surface area contributed by atoms with Crippen LogP contribution in [0, 0.1) is 6.92 Å². The van der Waals surface area contributed by atoms with Crippen LogP contribution in [-0.2, 0) is 20.9 Å². The average molecular weight is 444 g/mol. The Balaban J connectivity index is 1.43. The molecule has 4 rings (SSSR count). The zero-order chi connectivity index (χ0) is 23.4. The Bertz CT molecular complexity index is 1210. The number of aryl methyl sites for hydroxylation is 1. The second kappa shape index (κ2) is 9.47. The number of nitrogens with one attached hydrogen (secondary N) is 1. The van der Waals surface area contributed by atoms with Gasteiger partial charge in [0.15, 0.2) is 12.4 Å². The van der Waals surface area contributed by atoms with E-state index in [0.717, 1.165) is 22.4 Å². The van der Waals surface area contributed by atoms with Gasteiger partial charge in [0, 0.05) is 18.8 Å². The van der Waals surface area contributed by atoms with Crippen LogP contribution in [0.5, 0.6) is 0 Å². The predicted molar refractivity (Wildman–Crippen MR) is 124 cm³/mol. The van der Waals surface area contributed by atoms with Crippen LogP contribution in [0.1, 0.15) is 41.9 Å². The molecule has 33 heavy (non-hydrogen) atoms. The number of aromatic nitrogens is 3. The molecule has 0 bridgehead atoms. The number of rotatable bonds is 6. The van der Waals surface area contributed by atoms with Crippen molar-refractivity contribution in [2.45, 2.75) is 32.9 Å². The number of hydrogen-bond acceptors (Lipinski definition) is 8. The third-order valence-corrected chi connectivity index (χ3v) is 5.20. The molecule has 1 aliphatic heterocycles. The van der Waals surface area contributed by atoms with Crippen LogP contribution in [0.25, 0.3) is 6.08 Å². The first-order valence-electron chi connectivity index (χ1n) is 10.4. The molecule has 3 N–H and O–H groups in total. The van der Waals surface area contributed by atoms with Gasteiger partial charge in [-0.2, -0.15) is 15.0 Å². The van der Waals surface area contributed by atoms with Crippen molar-refractivity contribution in [1.82, 2.24) is 19.9 Å². The maximum atomic E-state index is 12.7. The number of anilines is 3. The molecule has 2 aromatic carbocycles. The molecule has 168 valence electrons. The molecule has 0 spiro atoms. The van der Waals surface area contributed by atoms with Gasteiger partial charge in [0.2, 0.25) is 17.8 Å². The number of ether oxygens (including phenoxy) is 1. The summed E-state index contributed by atoms with van der Waals surface area (Å²) in [6.07, 6.45) is 3.54. The lowest BCUT2D eigenvalue weighted by Gasteiger charge is -2.32. The van der Waals surface area contributed by atoms with Crippen molar-refractivity contribution in [2.24, 2.45) is 0 Å². The van der Waals surface area contributed by atoms with Crippen molar-refractivity contribution in [1.29, 1.82) is 0 Å². The van der Waals surface area contributed by atoms with Gasteiger partial charge in [-0.3, -0.25) is 9.59 Å². The summed E-state index contributed by atoms with van der Waals surface area (Å²) in [5.41, 5.74) is 9.58. The summed E-state index contributed by atoms with van der Waals surface area (Å²) in [7, 11) is 0. The van der Waals surface area contributed by atoms with Crippen molar-refractivity contribution in [3.63, 3.8) is 0 Å². The van der Waals surface area contributed by atoms with Crippen molar-refractivity contribution in [3.8, 4) is 0 Å². The summed E-state index contributed by atoms with van der Waals surface area (Å²) in [5, 5.41) is 3.06. The van der Waals surface area contributed by atoms with Crippen molar-refractivity contribution in [3.05, 3.63) is 77.2 Å². The summed E-state index contributed by atoms with van der Waals surface area (Å²) in [6.45, 7) is 3.29. The molecule has 1 aliphatic rings. The Kier molecular flexibility index (Phi) is 6.30. The Labute approximate surface area is 191 Å². The SMILES string of the molecule is CC(=O)N1C=Cc2ccccc2C1CC(=O)OCc1nc(N)nc(Nc2ccc(C)cc2)n1. The highest BCUT2D eigenvalue weighted by Gasteiger charge is 2.28. The number of fused-ring (bicyclic) bond motifs is 1. The fourth-order valence-corrected chi connectivity index (χ4v) is 3.60. The fraction of sp³-hybridized carbons (Fsp3) is 0.208. The number of benzene rings is 2. The molecule has 1 aromatic heterocycles. The van der Waals surface area contributed by atoms with E-state index >= 15 is 0 Å². The highest BCUT2D eigenvalue weighted by Crippen LogP contribution is 2.33. The zero-order valence-corrected chi connectivity index (χ0v) is 18.4. The van der Waals surface area contributed by atoms with Gasteiger partial charge < -0.3 is 20.7 Å². The van der Waals surface area contributed by atoms with Gasteiger partial charge >= 0.3 is 5.97 Å². The van der Waals surface area contributed by atoms with E-state index in [2.05, 4.69) is 20.3 Å². The maximum Gasteiger partial charge on any atom is 0.308 e. The summed E-state index contributed by atoms with van der Waals surface area (Å²) >= 11 is 0. The third kappa shape index (κ3) is 5.32. The molecule has 9 heteroatoms. The summed E-state index contributed by atoms with van der Waals surface area (Å²) in [6, 6.07) is 14.9. The number of carbonyl (C=O) groups is 2. The lowest BCUT2D eigenvalue weighted by molar-refractivity contribution is -0.147. The van der Waals surface area contributed by atoms with Crippen LogP contribution < -0.4 is 11.1 Å². The average Bonchev–Trinajstić information content (AvgIpc) is 2.79. The van der Waals surface area contributed by atoms with E-state index in [4.69, 9.17) is 10.5 Å². The van der Waals surface area contributed by atoms with Crippen molar-refractivity contribution in [2.75, 3.05) is 11.1 Å². The second-order valence-electron chi connectivity index (χ2n) is 7.68. The molecule has 1 amide bonds. The highest BCUT2D eigenvalue weighted by atomic mass is 16.5. The Morgan fingerprint density at radius 2 is 1.85 bits per heavy atom. The standard InChI is InChI=1S/C24H24N6O3/c1-15-7-9-18(10-8-15)26-24-28-21(27-23(25)29-24)14-33-22(32)13-20-19-6-4-3-5-17(19)11-12-30(20)16(2)31/h3-12,20H,13-14H2,1-2H3,(H3,25,26,27,28,29). The number of hydrogen-bond donors (Lipinski definition) is 2. The molecule has 0 saturated heterocycles. The second-order valence-corrected chi connectivity index (χ2v) is 7.68. The Hall–Kier alpha value is -4.27. The van der Waals surface area contributed by atoms with Crippen molar-refractivity contribution >= 4 is 35.5 Å². The minimum Gasteiger partial charge on any atom is -0.457 e. The van der Waals surface area contributed by atoms with Crippen molar-refractivity contribution < 1.29 is 14.3 Å². The van der Waals surface area contributed by atoms with E-state index in [-0.39, 0.29) is 36.7 Å². The van der Waals surface area contributed by atoms with E-state index in [9.17, 15) is 9.59 Å². The van der Waals surface area contributed by atoms with Gasteiger partial charge in [-0.1, -0.05) is 42.0 Å². The summed E-state index contributed by atoms with van der Waals surface area (Å²) < 4.78 is 5.41. The molecule has 2 heterocycles. The van der Waals surface area contributed by atoms with E-state index < -0.39 is 12.0 Å². The Morgan fingerprint density at radius 1 is 1.09 bits per heavy atom. The highest BCUT2D eigenvalue weighted by molar-refractivity contribution is 5.80. The van der Waals surface area contributed by atoms with E-state index in [1.807, 2.05) is 61.5 Å². The lowest BCUT2D eigenvalue weighted by atomic mass is 9.94. The van der Waals surface area contributed by atoms with E-state index in [0.29, 0.717) is 0 Å². The predicted octanol–water partition coefficient (Wildman–Crippen LogP) is 3.51.